The number of aryl methyl sites for hydroxylation is 1. The third kappa shape index (κ3) is 4.25. The second kappa shape index (κ2) is 8.21. The summed E-state index contributed by atoms with van der Waals surface area (Å²) in [4.78, 5) is 39.8. The molecule has 1 aliphatic carbocycles. The number of Topliss-reactive ketones (excluding diaryl/α,β-unsaturated/α-hetero) is 1. The molecule has 0 saturated heterocycles. The first kappa shape index (κ1) is 19.4. The maximum atomic E-state index is 12.4. The van der Waals surface area contributed by atoms with E-state index in [1.165, 1.54) is 0 Å². The van der Waals surface area contributed by atoms with Gasteiger partial charge in [-0.2, -0.15) is 0 Å². The number of carbonyl (C=O) groups is 2. The van der Waals surface area contributed by atoms with Crippen molar-refractivity contribution in [3.05, 3.63) is 74.5 Å². The van der Waals surface area contributed by atoms with Crippen LogP contribution in [0, 0.1) is 0 Å². The van der Waals surface area contributed by atoms with Gasteiger partial charge in [0.05, 0.1) is 5.52 Å². The smallest absolute Gasteiger partial charge is 0.251 e. The Morgan fingerprint density at radius 2 is 1.69 bits per heavy atom. The summed E-state index contributed by atoms with van der Waals surface area (Å²) in [6.07, 6.45) is 4.07. The molecule has 1 amide bonds. The first-order valence-electron chi connectivity index (χ1n) is 9.77. The van der Waals surface area contributed by atoms with Crippen molar-refractivity contribution < 1.29 is 9.59 Å². The summed E-state index contributed by atoms with van der Waals surface area (Å²) in [5, 5.41) is 4.42. The average Bonchev–Trinajstić information content (AvgIpc) is 2.72. The molecule has 5 nitrogen and oxygen atoms in total. The van der Waals surface area contributed by atoms with Crippen LogP contribution >= 0.6 is 11.6 Å². The number of rotatable bonds is 5. The first-order chi connectivity index (χ1) is 14.0. The van der Waals surface area contributed by atoms with Crippen molar-refractivity contribution in [3.63, 3.8) is 0 Å². The van der Waals surface area contributed by atoms with Crippen LogP contribution in [0.25, 0.3) is 10.9 Å². The highest BCUT2D eigenvalue weighted by molar-refractivity contribution is 6.30. The SMILES string of the molecule is O=C(CCC(=O)c1ccc(Cl)cc1)Nc1ccc2c3c(c(=O)[nH]c2c1)CCCC3. The van der Waals surface area contributed by atoms with Crippen LogP contribution in [0.5, 0.6) is 0 Å². The Bertz CT molecular complexity index is 1150. The van der Waals surface area contributed by atoms with Gasteiger partial charge in [0, 0.05) is 40.1 Å². The van der Waals surface area contributed by atoms with Crippen molar-refractivity contribution in [2.24, 2.45) is 0 Å². The minimum atomic E-state index is -0.244. The lowest BCUT2D eigenvalue weighted by atomic mass is 9.90. The van der Waals surface area contributed by atoms with Crippen molar-refractivity contribution in [1.29, 1.82) is 0 Å². The number of benzene rings is 2. The number of fused-ring (bicyclic) bond motifs is 3. The Morgan fingerprint density at radius 1 is 0.966 bits per heavy atom. The van der Waals surface area contributed by atoms with Crippen molar-refractivity contribution in [1.82, 2.24) is 4.98 Å². The van der Waals surface area contributed by atoms with Crippen molar-refractivity contribution in [2.75, 3.05) is 5.32 Å². The summed E-state index contributed by atoms with van der Waals surface area (Å²) in [5.74, 6) is -0.349. The van der Waals surface area contributed by atoms with Gasteiger partial charge in [-0.1, -0.05) is 17.7 Å². The molecule has 0 bridgehead atoms. The molecule has 1 aliphatic rings. The summed E-state index contributed by atoms with van der Waals surface area (Å²) in [7, 11) is 0. The lowest BCUT2D eigenvalue weighted by molar-refractivity contribution is -0.116. The number of anilines is 1. The Kier molecular flexibility index (Phi) is 5.49. The predicted octanol–water partition coefficient (Wildman–Crippen LogP) is 4.66. The molecule has 4 rings (SSSR count). The van der Waals surface area contributed by atoms with E-state index in [0.29, 0.717) is 16.3 Å². The molecule has 29 heavy (non-hydrogen) atoms. The molecule has 6 heteroatoms. The van der Waals surface area contributed by atoms with Gasteiger partial charge in [-0.25, -0.2) is 0 Å². The fraction of sp³-hybridized carbons (Fsp3) is 0.261. The van der Waals surface area contributed by atoms with Crippen LogP contribution in [0.15, 0.2) is 47.3 Å². The Labute approximate surface area is 173 Å². The van der Waals surface area contributed by atoms with Crippen molar-refractivity contribution in [2.45, 2.75) is 38.5 Å². The number of aromatic amines is 1. The fourth-order valence-electron chi connectivity index (χ4n) is 3.87. The number of hydrogen-bond donors (Lipinski definition) is 2. The number of H-pyrrole nitrogens is 1. The summed E-state index contributed by atoms with van der Waals surface area (Å²) in [6.45, 7) is 0. The highest BCUT2D eigenvalue weighted by Crippen LogP contribution is 2.27. The number of nitrogens with one attached hydrogen (secondary N) is 2. The second-order valence-electron chi connectivity index (χ2n) is 7.36. The zero-order valence-electron chi connectivity index (χ0n) is 15.9. The van der Waals surface area contributed by atoms with Gasteiger partial charge in [-0.3, -0.25) is 14.4 Å². The van der Waals surface area contributed by atoms with Gasteiger partial charge in [0.25, 0.3) is 5.56 Å². The zero-order chi connectivity index (χ0) is 20.4. The molecule has 0 saturated carbocycles. The van der Waals surface area contributed by atoms with Gasteiger partial charge < -0.3 is 10.3 Å². The summed E-state index contributed by atoms with van der Waals surface area (Å²) < 4.78 is 0. The first-order valence-corrected chi connectivity index (χ1v) is 10.2. The van der Waals surface area contributed by atoms with E-state index in [0.717, 1.165) is 47.7 Å². The maximum absolute atomic E-state index is 12.4. The van der Waals surface area contributed by atoms with E-state index in [9.17, 15) is 14.4 Å². The van der Waals surface area contributed by atoms with Gasteiger partial charge >= 0.3 is 0 Å². The molecule has 0 aliphatic heterocycles. The maximum Gasteiger partial charge on any atom is 0.251 e. The Morgan fingerprint density at radius 3 is 2.45 bits per heavy atom. The van der Waals surface area contributed by atoms with Crippen LogP contribution in [0.3, 0.4) is 0 Å². The summed E-state index contributed by atoms with van der Waals surface area (Å²) in [5.41, 5.74) is 3.85. The molecular weight excluding hydrogens is 388 g/mol. The second-order valence-corrected chi connectivity index (χ2v) is 7.79. The van der Waals surface area contributed by atoms with Crippen LogP contribution in [0.4, 0.5) is 5.69 Å². The molecular formula is C23H21ClN2O3. The molecule has 1 heterocycles. The largest absolute Gasteiger partial charge is 0.326 e. The molecule has 0 atom stereocenters. The van der Waals surface area contributed by atoms with Crippen LogP contribution in [0.2, 0.25) is 5.02 Å². The lowest BCUT2D eigenvalue weighted by Gasteiger charge is -2.17. The Balaban J connectivity index is 1.45. The summed E-state index contributed by atoms with van der Waals surface area (Å²) >= 11 is 5.83. The fourth-order valence-corrected chi connectivity index (χ4v) is 4.00. The third-order valence-corrected chi connectivity index (χ3v) is 5.62. The topological polar surface area (TPSA) is 79.0 Å². The molecule has 148 valence electrons. The molecule has 1 aromatic heterocycles. The number of hydrogen-bond acceptors (Lipinski definition) is 3. The number of pyridine rings is 1. The highest BCUT2D eigenvalue weighted by atomic mass is 35.5. The molecule has 0 radical (unpaired) electrons. The van der Waals surface area contributed by atoms with Crippen LogP contribution in [-0.4, -0.2) is 16.7 Å². The van der Waals surface area contributed by atoms with Gasteiger partial charge in [0.15, 0.2) is 5.78 Å². The number of amides is 1. The van der Waals surface area contributed by atoms with Gasteiger partial charge in [0.1, 0.15) is 0 Å². The van der Waals surface area contributed by atoms with Crippen molar-refractivity contribution in [3.8, 4) is 0 Å². The van der Waals surface area contributed by atoms with E-state index >= 15 is 0 Å². The summed E-state index contributed by atoms with van der Waals surface area (Å²) in [6, 6.07) is 12.2. The van der Waals surface area contributed by atoms with Crippen LogP contribution in [0.1, 0.15) is 47.2 Å². The molecule has 0 spiro atoms. The number of ketones is 1. The van der Waals surface area contributed by atoms with E-state index in [-0.39, 0.29) is 30.1 Å². The van der Waals surface area contributed by atoms with Gasteiger partial charge in [0.2, 0.25) is 5.91 Å². The van der Waals surface area contributed by atoms with Crippen LogP contribution in [-0.2, 0) is 17.6 Å². The average molecular weight is 409 g/mol. The quantitative estimate of drug-likeness (QED) is 0.602. The Hall–Kier alpha value is -2.92. The van der Waals surface area contributed by atoms with E-state index in [1.807, 2.05) is 12.1 Å². The van der Waals surface area contributed by atoms with Gasteiger partial charge in [-0.15, -0.1) is 0 Å². The number of halogens is 1. The normalized spacial score (nSPS) is 13.1. The minimum absolute atomic E-state index is 0.0377. The molecule has 3 aromatic rings. The molecule has 0 fully saturated rings. The van der Waals surface area contributed by atoms with Gasteiger partial charge in [-0.05, 0) is 67.6 Å². The molecule has 0 unspecified atom stereocenters. The molecule has 2 N–H and O–H groups in total. The van der Waals surface area contributed by atoms with E-state index < -0.39 is 0 Å². The minimum Gasteiger partial charge on any atom is -0.326 e. The van der Waals surface area contributed by atoms with Crippen molar-refractivity contribution >= 4 is 39.9 Å². The number of carbonyl (C=O) groups excluding carboxylic acids is 2. The van der Waals surface area contributed by atoms with Crippen LogP contribution < -0.4 is 10.9 Å². The zero-order valence-corrected chi connectivity index (χ0v) is 16.6. The third-order valence-electron chi connectivity index (χ3n) is 5.36. The predicted molar refractivity (Wildman–Crippen MR) is 115 cm³/mol. The standard InChI is InChI=1S/C23H21ClN2O3/c24-15-7-5-14(6-8-15)21(27)11-12-22(28)25-16-9-10-18-17-3-1-2-4-19(17)23(29)26-20(18)13-16/h5-10,13H,1-4,11-12H2,(H,25,28)(H,26,29). The van der Waals surface area contributed by atoms with E-state index in [1.54, 1.807) is 30.3 Å². The van der Waals surface area contributed by atoms with E-state index in [2.05, 4.69) is 10.3 Å². The monoisotopic (exact) mass is 408 g/mol. The highest BCUT2D eigenvalue weighted by Gasteiger charge is 2.17. The van der Waals surface area contributed by atoms with E-state index in [4.69, 9.17) is 11.6 Å². The lowest BCUT2D eigenvalue weighted by Crippen LogP contribution is -2.19. The number of aromatic nitrogens is 1. The molecule has 2 aromatic carbocycles.